The van der Waals surface area contributed by atoms with Gasteiger partial charge in [-0.25, -0.2) is 0 Å². The maximum Gasteiger partial charge on any atom is 0.125 e. The SMILES string of the molecule is CCCn1nccc1C(NC)c1ccc(Br)cc1OC. The smallest absolute Gasteiger partial charge is 0.125 e. The van der Waals surface area contributed by atoms with Gasteiger partial charge < -0.3 is 10.1 Å². The van der Waals surface area contributed by atoms with E-state index < -0.39 is 0 Å². The van der Waals surface area contributed by atoms with Gasteiger partial charge in [-0.2, -0.15) is 5.10 Å². The Balaban J connectivity index is 2.44. The predicted octanol–water partition coefficient (Wildman–Crippen LogP) is 3.37. The van der Waals surface area contributed by atoms with Crippen molar-refractivity contribution in [2.75, 3.05) is 14.2 Å². The number of nitrogens with zero attached hydrogens (tertiary/aromatic N) is 2. The monoisotopic (exact) mass is 337 g/mol. The van der Waals surface area contributed by atoms with E-state index in [-0.39, 0.29) is 6.04 Å². The molecule has 0 aliphatic heterocycles. The first-order chi connectivity index (χ1) is 9.71. The lowest BCUT2D eigenvalue weighted by molar-refractivity contribution is 0.403. The minimum atomic E-state index is 0.0621. The summed E-state index contributed by atoms with van der Waals surface area (Å²) in [5.41, 5.74) is 2.26. The summed E-state index contributed by atoms with van der Waals surface area (Å²) in [6.45, 7) is 3.07. The third kappa shape index (κ3) is 3.04. The van der Waals surface area contributed by atoms with Crippen LogP contribution in [0, 0.1) is 0 Å². The normalized spacial score (nSPS) is 12.4. The molecule has 1 N–H and O–H groups in total. The molecule has 20 heavy (non-hydrogen) atoms. The molecule has 5 heteroatoms. The average molecular weight is 338 g/mol. The molecule has 2 aromatic rings. The minimum Gasteiger partial charge on any atom is -0.496 e. The molecule has 4 nitrogen and oxygen atoms in total. The summed E-state index contributed by atoms with van der Waals surface area (Å²) in [7, 11) is 3.65. The second kappa shape index (κ2) is 6.90. The number of aryl methyl sites for hydroxylation is 1. The van der Waals surface area contributed by atoms with Crippen LogP contribution in [0.1, 0.15) is 30.6 Å². The van der Waals surface area contributed by atoms with Crippen molar-refractivity contribution in [1.29, 1.82) is 0 Å². The first-order valence-corrected chi connectivity index (χ1v) is 7.53. The molecule has 1 aromatic carbocycles. The van der Waals surface area contributed by atoms with E-state index in [4.69, 9.17) is 4.74 Å². The lowest BCUT2D eigenvalue weighted by atomic mass is 10.0. The number of nitrogens with one attached hydrogen (secondary N) is 1. The minimum absolute atomic E-state index is 0.0621. The van der Waals surface area contributed by atoms with Crippen LogP contribution in [-0.4, -0.2) is 23.9 Å². The molecule has 0 amide bonds. The standard InChI is InChI=1S/C15H20BrN3O/c1-4-9-19-13(7-8-18-19)15(17-2)12-6-5-11(16)10-14(12)20-3/h5-8,10,15,17H,4,9H2,1-3H3. The number of methoxy groups -OCH3 is 1. The summed E-state index contributed by atoms with van der Waals surface area (Å²) < 4.78 is 8.56. The molecule has 0 saturated heterocycles. The van der Waals surface area contributed by atoms with Crippen molar-refractivity contribution >= 4 is 15.9 Å². The Morgan fingerprint density at radius 3 is 2.85 bits per heavy atom. The number of ether oxygens (including phenoxy) is 1. The number of benzene rings is 1. The lowest BCUT2D eigenvalue weighted by Gasteiger charge is -2.21. The van der Waals surface area contributed by atoms with Gasteiger partial charge in [0.2, 0.25) is 0 Å². The Labute approximate surface area is 128 Å². The van der Waals surface area contributed by atoms with Crippen molar-refractivity contribution < 1.29 is 4.74 Å². The molecule has 0 aliphatic rings. The predicted molar refractivity (Wildman–Crippen MR) is 84.1 cm³/mol. The van der Waals surface area contributed by atoms with Gasteiger partial charge in [0.05, 0.1) is 18.8 Å². The van der Waals surface area contributed by atoms with Crippen LogP contribution < -0.4 is 10.1 Å². The van der Waals surface area contributed by atoms with Crippen molar-refractivity contribution in [2.24, 2.45) is 0 Å². The van der Waals surface area contributed by atoms with Crippen LogP contribution in [0.25, 0.3) is 0 Å². The summed E-state index contributed by atoms with van der Waals surface area (Å²) in [4.78, 5) is 0. The summed E-state index contributed by atoms with van der Waals surface area (Å²) >= 11 is 3.48. The van der Waals surface area contributed by atoms with E-state index in [1.165, 1.54) is 0 Å². The van der Waals surface area contributed by atoms with E-state index >= 15 is 0 Å². The van der Waals surface area contributed by atoms with Gasteiger partial charge in [0.25, 0.3) is 0 Å². The lowest BCUT2D eigenvalue weighted by Crippen LogP contribution is -2.22. The summed E-state index contributed by atoms with van der Waals surface area (Å²) in [5, 5.41) is 7.76. The molecule has 0 fully saturated rings. The van der Waals surface area contributed by atoms with Crippen LogP contribution in [0.4, 0.5) is 0 Å². The molecular formula is C15H20BrN3O. The molecule has 0 radical (unpaired) electrons. The highest BCUT2D eigenvalue weighted by molar-refractivity contribution is 9.10. The van der Waals surface area contributed by atoms with E-state index in [0.29, 0.717) is 0 Å². The number of halogens is 1. The molecule has 1 heterocycles. The van der Waals surface area contributed by atoms with Gasteiger partial charge in [-0.1, -0.05) is 28.9 Å². The highest BCUT2D eigenvalue weighted by Crippen LogP contribution is 2.32. The van der Waals surface area contributed by atoms with E-state index in [0.717, 1.165) is 34.4 Å². The van der Waals surface area contributed by atoms with Gasteiger partial charge in [-0.15, -0.1) is 0 Å². The highest BCUT2D eigenvalue weighted by atomic mass is 79.9. The van der Waals surface area contributed by atoms with Crippen LogP contribution in [0.5, 0.6) is 5.75 Å². The van der Waals surface area contributed by atoms with Crippen LogP contribution >= 0.6 is 15.9 Å². The quantitative estimate of drug-likeness (QED) is 0.878. The average Bonchev–Trinajstić information content (AvgIpc) is 2.90. The van der Waals surface area contributed by atoms with Gasteiger partial charge in [-0.05, 0) is 31.7 Å². The van der Waals surface area contributed by atoms with E-state index in [1.807, 2.05) is 30.1 Å². The Kier molecular flexibility index (Phi) is 5.20. The largest absolute Gasteiger partial charge is 0.496 e. The molecule has 0 spiro atoms. The van der Waals surface area contributed by atoms with E-state index in [9.17, 15) is 0 Å². The van der Waals surface area contributed by atoms with Gasteiger partial charge >= 0.3 is 0 Å². The van der Waals surface area contributed by atoms with E-state index in [2.05, 4.69) is 45.4 Å². The van der Waals surface area contributed by atoms with Crippen LogP contribution in [-0.2, 0) is 6.54 Å². The molecule has 1 unspecified atom stereocenters. The fourth-order valence-corrected chi connectivity index (χ4v) is 2.71. The molecule has 0 bridgehead atoms. The van der Waals surface area contributed by atoms with Gasteiger partial charge in [0.15, 0.2) is 0 Å². The summed E-state index contributed by atoms with van der Waals surface area (Å²) in [6.07, 6.45) is 2.91. The molecule has 108 valence electrons. The van der Waals surface area contributed by atoms with Crippen LogP contribution in [0.3, 0.4) is 0 Å². The highest BCUT2D eigenvalue weighted by Gasteiger charge is 2.20. The van der Waals surface area contributed by atoms with Gasteiger partial charge in [0.1, 0.15) is 5.75 Å². The number of hydrogen-bond acceptors (Lipinski definition) is 3. The Bertz CT molecular complexity index is 568. The molecule has 1 aromatic heterocycles. The van der Waals surface area contributed by atoms with Crippen LogP contribution in [0.15, 0.2) is 34.9 Å². The number of rotatable bonds is 6. The van der Waals surface area contributed by atoms with Crippen molar-refractivity contribution in [1.82, 2.24) is 15.1 Å². The fraction of sp³-hybridized carbons (Fsp3) is 0.400. The summed E-state index contributed by atoms with van der Waals surface area (Å²) in [5.74, 6) is 0.864. The molecule has 0 aliphatic carbocycles. The zero-order valence-electron chi connectivity index (χ0n) is 12.1. The number of hydrogen-bond donors (Lipinski definition) is 1. The maximum atomic E-state index is 5.51. The van der Waals surface area contributed by atoms with Gasteiger partial charge in [-0.3, -0.25) is 4.68 Å². The summed E-state index contributed by atoms with van der Waals surface area (Å²) in [6, 6.07) is 8.21. The number of aromatic nitrogens is 2. The fourth-order valence-electron chi connectivity index (χ4n) is 2.37. The van der Waals surface area contributed by atoms with E-state index in [1.54, 1.807) is 7.11 Å². The Morgan fingerprint density at radius 2 is 2.20 bits per heavy atom. The van der Waals surface area contributed by atoms with Crippen molar-refractivity contribution in [3.63, 3.8) is 0 Å². The second-order valence-corrected chi connectivity index (χ2v) is 5.50. The Morgan fingerprint density at radius 1 is 1.40 bits per heavy atom. The molecule has 0 saturated carbocycles. The first kappa shape index (κ1) is 15.1. The third-order valence-corrected chi connectivity index (χ3v) is 3.77. The molecular weight excluding hydrogens is 318 g/mol. The third-order valence-electron chi connectivity index (χ3n) is 3.28. The molecule has 2 rings (SSSR count). The Hall–Kier alpha value is -1.33. The molecule has 1 atom stereocenters. The van der Waals surface area contributed by atoms with Crippen molar-refractivity contribution in [3.8, 4) is 5.75 Å². The second-order valence-electron chi connectivity index (χ2n) is 4.59. The van der Waals surface area contributed by atoms with Crippen LogP contribution in [0.2, 0.25) is 0 Å². The topological polar surface area (TPSA) is 39.1 Å². The maximum absolute atomic E-state index is 5.51. The zero-order chi connectivity index (χ0) is 14.5. The first-order valence-electron chi connectivity index (χ1n) is 6.73. The van der Waals surface area contributed by atoms with Gasteiger partial charge in [0, 0.05) is 22.8 Å². The zero-order valence-corrected chi connectivity index (χ0v) is 13.6. The van der Waals surface area contributed by atoms with Crippen molar-refractivity contribution in [2.45, 2.75) is 25.9 Å². The van der Waals surface area contributed by atoms with Crippen molar-refractivity contribution in [3.05, 3.63) is 46.2 Å².